The van der Waals surface area contributed by atoms with Crippen LogP contribution in [-0.2, 0) is 0 Å². The van der Waals surface area contributed by atoms with Gasteiger partial charge in [0.2, 0.25) is 0 Å². The molecule has 72 valence electrons. The first-order chi connectivity index (χ1) is 5.75. The maximum atomic E-state index is 10.9. The molecule has 0 aliphatic rings. The van der Waals surface area contributed by atoms with E-state index in [2.05, 4.69) is 0 Å². The third-order valence-electron chi connectivity index (χ3n) is 1.65. The molecule has 0 atom stereocenters. The molecule has 1 aromatic rings. The van der Waals surface area contributed by atoms with E-state index in [0.717, 1.165) is 5.69 Å². The Balaban J connectivity index is 0.00000144. The maximum absolute atomic E-state index is 10.9. The Labute approximate surface area is 83.9 Å². The second-order valence-corrected chi connectivity index (χ2v) is 2.42. The number of carbonyl (C=O) groups excluding carboxylic acids is 1. The highest BCUT2D eigenvalue weighted by atomic mass is 35.5. The second-order valence-electron chi connectivity index (χ2n) is 2.42. The number of rotatable bonds is 2. The molecule has 0 saturated heterocycles. The molecule has 0 radical (unpaired) electrons. The molecule has 2 N–H and O–H groups in total. The van der Waals surface area contributed by atoms with Gasteiger partial charge in [0, 0.05) is 12.2 Å². The van der Waals surface area contributed by atoms with Crippen molar-refractivity contribution in [2.45, 2.75) is 6.92 Å². The van der Waals surface area contributed by atoms with Crippen LogP contribution in [0.3, 0.4) is 0 Å². The third-order valence-corrected chi connectivity index (χ3v) is 1.65. The van der Waals surface area contributed by atoms with Crippen molar-refractivity contribution < 1.29 is 4.79 Å². The lowest BCUT2D eigenvalue weighted by atomic mass is 10.3. The number of halogens is 1. The van der Waals surface area contributed by atoms with Gasteiger partial charge in [0.1, 0.15) is 0 Å². The van der Waals surface area contributed by atoms with Crippen molar-refractivity contribution in [2.75, 3.05) is 11.4 Å². The number of anilines is 1. The van der Waals surface area contributed by atoms with Crippen LogP contribution in [0.4, 0.5) is 10.5 Å². The van der Waals surface area contributed by atoms with Crippen LogP contribution in [0, 0.1) is 0 Å². The van der Waals surface area contributed by atoms with Crippen LogP contribution in [0.5, 0.6) is 0 Å². The van der Waals surface area contributed by atoms with Gasteiger partial charge in [-0.3, -0.25) is 4.90 Å². The van der Waals surface area contributed by atoms with Crippen LogP contribution >= 0.6 is 12.4 Å². The average Bonchev–Trinajstić information content (AvgIpc) is 2.07. The number of nitrogens with two attached hydrogens (primary N) is 1. The van der Waals surface area contributed by atoms with Crippen molar-refractivity contribution in [3.05, 3.63) is 30.3 Å². The van der Waals surface area contributed by atoms with E-state index in [1.807, 2.05) is 37.3 Å². The lowest BCUT2D eigenvalue weighted by Gasteiger charge is -2.17. The van der Waals surface area contributed by atoms with Gasteiger partial charge in [-0.1, -0.05) is 18.2 Å². The summed E-state index contributed by atoms with van der Waals surface area (Å²) in [5, 5.41) is 0. The number of hydrogen-bond acceptors (Lipinski definition) is 1. The molecule has 0 aromatic heterocycles. The van der Waals surface area contributed by atoms with Crippen LogP contribution in [0.2, 0.25) is 0 Å². The van der Waals surface area contributed by atoms with Crippen molar-refractivity contribution in [2.24, 2.45) is 5.73 Å². The molecular weight excluding hydrogens is 188 g/mol. The molecule has 0 saturated carbocycles. The lowest BCUT2D eigenvalue weighted by Crippen LogP contribution is -2.35. The molecule has 13 heavy (non-hydrogen) atoms. The largest absolute Gasteiger partial charge is 0.351 e. The fourth-order valence-corrected chi connectivity index (χ4v) is 1.07. The molecular formula is C9H13ClN2O. The van der Waals surface area contributed by atoms with Gasteiger partial charge in [0.15, 0.2) is 0 Å². The summed E-state index contributed by atoms with van der Waals surface area (Å²) in [7, 11) is 0. The normalized spacial score (nSPS) is 8.69. The smallest absolute Gasteiger partial charge is 0.319 e. The minimum Gasteiger partial charge on any atom is -0.351 e. The van der Waals surface area contributed by atoms with Crippen molar-refractivity contribution in [1.82, 2.24) is 0 Å². The molecule has 0 bridgehead atoms. The lowest BCUT2D eigenvalue weighted by molar-refractivity contribution is 0.254. The molecule has 2 amide bonds. The summed E-state index contributed by atoms with van der Waals surface area (Å²) in [5.41, 5.74) is 6.01. The molecule has 1 aromatic carbocycles. The van der Waals surface area contributed by atoms with Crippen molar-refractivity contribution in [1.29, 1.82) is 0 Å². The van der Waals surface area contributed by atoms with Crippen LogP contribution in [0.15, 0.2) is 30.3 Å². The Morgan fingerprint density at radius 3 is 2.31 bits per heavy atom. The first-order valence-corrected chi connectivity index (χ1v) is 3.87. The van der Waals surface area contributed by atoms with E-state index < -0.39 is 6.03 Å². The summed E-state index contributed by atoms with van der Waals surface area (Å²) < 4.78 is 0. The first kappa shape index (κ1) is 11.8. The van der Waals surface area contributed by atoms with Crippen molar-refractivity contribution in [3.8, 4) is 0 Å². The van der Waals surface area contributed by atoms with Gasteiger partial charge in [-0.15, -0.1) is 12.4 Å². The van der Waals surface area contributed by atoms with E-state index in [4.69, 9.17) is 5.73 Å². The Kier molecular flexibility index (Phi) is 4.92. The zero-order valence-corrected chi connectivity index (χ0v) is 8.25. The predicted molar refractivity (Wildman–Crippen MR) is 56.3 cm³/mol. The second kappa shape index (κ2) is 5.43. The number of para-hydroxylation sites is 1. The van der Waals surface area contributed by atoms with E-state index in [1.165, 1.54) is 4.90 Å². The van der Waals surface area contributed by atoms with E-state index >= 15 is 0 Å². The highest BCUT2D eigenvalue weighted by Crippen LogP contribution is 2.11. The number of primary amides is 1. The number of nitrogens with zero attached hydrogens (tertiary/aromatic N) is 1. The summed E-state index contributed by atoms with van der Waals surface area (Å²) in [6.45, 7) is 2.48. The molecule has 0 aliphatic heterocycles. The highest BCUT2D eigenvalue weighted by Gasteiger charge is 2.07. The number of benzene rings is 1. The van der Waals surface area contributed by atoms with E-state index in [1.54, 1.807) is 0 Å². The van der Waals surface area contributed by atoms with Gasteiger partial charge in [0.05, 0.1) is 0 Å². The minimum atomic E-state index is -0.413. The SMILES string of the molecule is CCN(C(N)=O)c1ccccc1.Cl. The summed E-state index contributed by atoms with van der Waals surface area (Å²) in [4.78, 5) is 12.4. The summed E-state index contributed by atoms with van der Waals surface area (Å²) in [6, 6.07) is 8.95. The zero-order valence-electron chi connectivity index (χ0n) is 7.43. The number of urea groups is 1. The van der Waals surface area contributed by atoms with Gasteiger partial charge in [-0.25, -0.2) is 4.79 Å². The number of amides is 2. The van der Waals surface area contributed by atoms with Gasteiger partial charge < -0.3 is 5.73 Å². The summed E-state index contributed by atoms with van der Waals surface area (Å²) >= 11 is 0. The standard InChI is InChI=1S/C9H12N2O.ClH/c1-2-11(9(10)12)8-6-4-3-5-7-8;/h3-7H,2H2,1H3,(H2,10,12);1H. The Bertz CT molecular complexity index is 264. The van der Waals surface area contributed by atoms with Crippen LogP contribution in [0.1, 0.15) is 6.92 Å². The van der Waals surface area contributed by atoms with Gasteiger partial charge in [-0.2, -0.15) is 0 Å². The minimum absolute atomic E-state index is 0. The van der Waals surface area contributed by atoms with Gasteiger partial charge in [0.25, 0.3) is 0 Å². The van der Waals surface area contributed by atoms with Crippen LogP contribution < -0.4 is 10.6 Å². The van der Waals surface area contributed by atoms with Crippen molar-refractivity contribution in [3.63, 3.8) is 0 Å². The van der Waals surface area contributed by atoms with E-state index in [-0.39, 0.29) is 12.4 Å². The fraction of sp³-hybridized carbons (Fsp3) is 0.222. The Morgan fingerprint density at radius 1 is 1.38 bits per heavy atom. The first-order valence-electron chi connectivity index (χ1n) is 3.87. The molecule has 1 rings (SSSR count). The molecule has 0 unspecified atom stereocenters. The topological polar surface area (TPSA) is 46.3 Å². The Morgan fingerprint density at radius 2 is 1.92 bits per heavy atom. The van der Waals surface area contributed by atoms with Crippen LogP contribution in [0.25, 0.3) is 0 Å². The van der Waals surface area contributed by atoms with Gasteiger partial charge >= 0.3 is 6.03 Å². The average molecular weight is 201 g/mol. The Hall–Kier alpha value is -1.22. The highest BCUT2D eigenvalue weighted by molar-refractivity contribution is 5.90. The number of hydrogen-bond donors (Lipinski definition) is 1. The molecule has 0 heterocycles. The summed E-state index contributed by atoms with van der Waals surface area (Å²) in [6.07, 6.45) is 0. The molecule has 0 fully saturated rings. The summed E-state index contributed by atoms with van der Waals surface area (Å²) in [5.74, 6) is 0. The monoisotopic (exact) mass is 200 g/mol. The van der Waals surface area contributed by atoms with Crippen molar-refractivity contribution >= 4 is 24.1 Å². The fourth-order valence-electron chi connectivity index (χ4n) is 1.07. The molecule has 0 aliphatic carbocycles. The predicted octanol–water partition coefficient (Wildman–Crippen LogP) is 2.01. The molecule has 0 spiro atoms. The van der Waals surface area contributed by atoms with E-state index in [0.29, 0.717) is 6.54 Å². The zero-order chi connectivity index (χ0) is 8.97. The molecule has 3 nitrogen and oxygen atoms in total. The van der Waals surface area contributed by atoms with Crippen LogP contribution in [-0.4, -0.2) is 12.6 Å². The molecule has 4 heteroatoms. The maximum Gasteiger partial charge on any atom is 0.319 e. The van der Waals surface area contributed by atoms with E-state index in [9.17, 15) is 4.79 Å². The third kappa shape index (κ3) is 2.95. The van der Waals surface area contributed by atoms with Gasteiger partial charge in [-0.05, 0) is 19.1 Å². The number of carbonyl (C=O) groups is 1. The quantitative estimate of drug-likeness (QED) is 0.780.